The monoisotopic (exact) mass is 296 g/mol. The molecule has 0 radical (unpaired) electrons. The zero-order valence-electron chi connectivity index (χ0n) is 11.8. The van der Waals surface area contributed by atoms with Gasteiger partial charge in [-0.2, -0.15) is 4.31 Å². The molecule has 5 nitrogen and oxygen atoms in total. The van der Waals surface area contributed by atoms with Gasteiger partial charge < -0.3 is 10.1 Å². The van der Waals surface area contributed by atoms with Gasteiger partial charge in [0.15, 0.2) is 0 Å². The molecule has 1 saturated heterocycles. The Morgan fingerprint density at radius 1 is 1.25 bits per heavy atom. The molecule has 3 rings (SSSR count). The first kappa shape index (κ1) is 14.0. The average molecular weight is 296 g/mol. The van der Waals surface area contributed by atoms with Crippen LogP contribution in [0.2, 0.25) is 0 Å². The van der Waals surface area contributed by atoms with E-state index in [1.165, 1.54) is 5.56 Å². The van der Waals surface area contributed by atoms with Crippen LogP contribution in [0.1, 0.15) is 25.0 Å². The van der Waals surface area contributed by atoms with E-state index in [1.54, 1.807) is 16.4 Å². The third-order valence-electron chi connectivity index (χ3n) is 3.97. The Bertz CT molecular complexity index is 615. The van der Waals surface area contributed by atoms with Crippen LogP contribution in [-0.4, -0.2) is 38.0 Å². The van der Waals surface area contributed by atoms with Crippen molar-refractivity contribution < 1.29 is 13.2 Å². The summed E-state index contributed by atoms with van der Waals surface area (Å²) in [6, 6.07) is 5.31. The summed E-state index contributed by atoms with van der Waals surface area (Å²) in [5.74, 6) is 0. The third kappa shape index (κ3) is 2.37. The molecule has 110 valence electrons. The molecule has 0 aromatic heterocycles. The molecule has 2 unspecified atom stereocenters. The van der Waals surface area contributed by atoms with Gasteiger partial charge in [0.25, 0.3) is 0 Å². The Morgan fingerprint density at radius 3 is 2.80 bits per heavy atom. The van der Waals surface area contributed by atoms with E-state index < -0.39 is 10.0 Å². The summed E-state index contributed by atoms with van der Waals surface area (Å²) < 4.78 is 32.7. The van der Waals surface area contributed by atoms with Gasteiger partial charge in [-0.05, 0) is 37.1 Å². The summed E-state index contributed by atoms with van der Waals surface area (Å²) in [7, 11) is -3.44. The van der Waals surface area contributed by atoms with Crippen LogP contribution in [0.25, 0.3) is 0 Å². The van der Waals surface area contributed by atoms with Gasteiger partial charge in [-0.3, -0.25) is 0 Å². The van der Waals surface area contributed by atoms with Gasteiger partial charge in [0.1, 0.15) is 0 Å². The van der Waals surface area contributed by atoms with Crippen LogP contribution in [-0.2, 0) is 27.8 Å². The first-order valence-corrected chi connectivity index (χ1v) is 8.38. The lowest BCUT2D eigenvalue weighted by Gasteiger charge is -2.35. The molecule has 0 saturated carbocycles. The highest BCUT2D eigenvalue weighted by molar-refractivity contribution is 7.89. The SMILES string of the molecule is CC1CN(S(=O)(=O)c2ccc3c(c2)CNC3)C(C)CO1. The molecule has 1 N–H and O–H groups in total. The maximum absolute atomic E-state index is 12.8. The summed E-state index contributed by atoms with van der Waals surface area (Å²) in [5.41, 5.74) is 2.27. The fourth-order valence-electron chi connectivity index (χ4n) is 2.77. The second kappa shape index (κ2) is 5.11. The van der Waals surface area contributed by atoms with Crippen LogP contribution < -0.4 is 5.32 Å². The molecule has 0 aliphatic carbocycles. The number of ether oxygens (including phenoxy) is 1. The molecule has 0 spiro atoms. The van der Waals surface area contributed by atoms with Crippen LogP contribution in [0.5, 0.6) is 0 Å². The first-order valence-electron chi connectivity index (χ1n) is 6.94. The smallest absolute Gasteiger partial charge is 0.243 e. The molecule has 2 aliphatic rings. The minimum Gasteiger partial charge on any atom is -0.375 e. The highest BCUT2D eigenvalue weighted by Crippen LogP contribution is 2.25. The minimum absolute atomic E-state index is 0.0583. The molecule has 0 amide bonds. The molecule has 2 atom stereocenters. The number of hydrogen-bond acceptors (Lipinski definition) is 4. The molecule has 2 aliphatic heterocycles. The number of nitrogens with one attached hydrogen (secondary N) is 1. The second-order valence-corrected chi connectivity index (χ2v) is 7.49. The van der Waals surface area contributed by atoms with Gasteiger partial charge in [0.2, 0.25) is 10.0 Å². The molecule has 1 aromatic rings. The lowest BCUT2D eigenvalue weighted by molar-refractivity contribution is -0.0170. The maximum atomic E-state index is 12.8. The minimum atomic E-state index is -3.44. The van der Waals surface area contributed by atoms with Crippen molar-refractivity contribution in [2.45, 2.75) is 44.0 Å². The van der Waals surface area contributed by atoms with E-state index in [0.717, 1.165) is 18.7 Å². The number of nitrogens with zero attached hydrogens (tertiary/aromatic N) is 1. The Hall–Kier alpha value is -0.950. The van der Waals surface area contributed by atoms with Gasteiger partial charge in [-0.15, -0.1) is 0 Å². The van der Waals surface area contributed by atoms with Gasteiger partial charge >= 0.3 is 0 Å². The van der Waals surface area contributed by atoms with Crippen LogP contribution in [0, 0.1) is 0 Å². The third-order valence-corrected chi connectivity index (χ3v) is 5.94. The Kier molecular flexibility index (Phi) is 3.58. The number of rotatable bonds is 2. The quantitative estimate of drug-likeness (QED) is 0.887. The van der Waals surface area contributed by atoms with Crippen LogP contribution in [0.15, 0.2) is 23.1 Å². The van der Waals surface area contributed by atoms with Gasteiger partial charge in [-0.25, -0.2) is 8.42 Å². The normalized spacial score (nSPS) is 27.5. The van der Waals surface area contributed by atoms with E-state index in [4.69, 9.17) is 4.74 Å². The maximum Gasteiger partial charge on any atom is 0.243 e. The molecule has 20 heavy (non-hydrogen) atoms. The summed E-state index contributed by atoms with van der Waals surface area (Å²) in [4.78, 5) is 0.390. The lowest BCUT2D eigenvalue weighted by Crippen LogP contribution is -2.50. The Balaban J connectivity index is 1.95. The molecule has 1 aromatic carbocycles. The van der Waals surface area contributed by atoms with Crippen molar-refractivity contribution in [2.24, 2.45) is 0 Å². The van der Waals surface area contributed by atoms with E-state index >= 15 is 0 Å². The second-order valence-electron chi connectivity index (χ2n) is 5.60. The van der Waals surface area contributed by atoms with Crippen molar-refractivity contribution in [3.8, 4) is 0 Å². The molecular formula is C14H20N2O3S. The lowest BCUT2D eigenvalue weighted by atomic mass is 10.1. The summed E-state index contributed by atoms with van der Waals surface area (Å²) >= 11 is 0. The van der Waals surface area contributed by atoms with Crippen LogP contribution in [0.3, 0.4) is 0 Å². The van der Waals surface area contributed by atoms with Gasteiger partial charge in [-0.1, -0.05) is 6.07 Å². The molecule has 1 fully saturated rings. The van der Waals surface area contributed by atoms with Crippen molar-refractivity contribution in [1.29, 1.82) is 0 Å². The number of benzene rings is 1. The first-order chi connectivity index (χ1) is 9.48. The summed E-state index contributed by atoms with van der Waals surface area (Å²) in [5, 5.41) is 3.23. The zero-order chi connectivity index (χ0) is 14.3. The van der Waals surface area contributed by atoms with E-state index in [0.29, 0.717) is 18.0 Å². The van der Waals surface area contributed by atoms with Crippen molar-refractivity contribution in [3.05, 3.63) is 29.3 Å². The fraction of sp³-hybridized carbons (Fsp3) is 0.571. The predicted octanol–water partition coefficient (Wildman–Crippen LogP) is 1.09. The number of sulfonamides is 1. The molecule has 2 heterocycles. The van der Waals surface area contributed by atoms with E-state index in [9.17, 15) is 8.42 Å². The summed E-state index contributed by atoms with van der Waals surface area (Å²) in [6.45, 7) is 6.22. The summed E-state index contributed by atoms with van der Waals surface area (Å²) in [6.07, 6.45) is -0.0583. The highest BCUT2D eigenvalue weighted by Gasteiger charge is 2.34. The number of hydrogen-bond donors (Lipinski definition) is 1. The Morgan fingerprint density at radius 2 is 2.00 bits per heavy atom. The fourth-order valence-corrected chi connectivity index (χ4v) is 4.52. The highest BCUT2D eigenvalue weighted by atomic mass is 32.2. The number of fused-ring (bicyclic) bond motifs is 1. The predicted molar refractivity (Wildman–Crippen MR) is 75.8 cm³/mol. The van der Waals surface area contributed by atoms with Crippen LogP contribution >= 0.6 is 0 Å². The number of morpholine rings is 1. The van der Waals surface area contributed by atoms with Gasteiger partial charge in [0, 0.05) is 25.7 Å². The zero-order valence-corrected chi connectivity index (χ0v) is 12.6. The van der Waals surface area contributed by atoms with Crippen molar-refractivity contribution >= 4 is 10.0 Å². The van der Waals surface area contributed by atoms with E-state index in [2.05, 4.69) is 5.32 Å². The van der Waals surface area contributed by atoms with Crippen LogP contribution in [0.4, 0.5) is 0 Å². The van der Waals surface area contributed by atoms with Crippen molar-refractivity contribution in [2.75, 3.05) is 13.2 Å². The Labute approximate surface area is 120 Å². The largest absolute Gasteiger partial charge is 0.375 e. The molecular weight excluding hydrogens is 276 g/mol. The van der Waals surface area contributed by atoms with Crippen molar-refractivity contribution in [1.82, 2.24) is 9.62 Å². The molecule has 0 bridgehead atoms. The van der Waals surface area contributed by atoms with E-state index in [-0.39, 0.29) is 12.1 Å². The van der Waals surface area contributed by atoms with E-state index in [1.807, 2.05) is 19.9 Å². The standard InChI is InChI=1S/C14H20N2O3S/c1-10-9-19-11(2)8-16(10)20(17,18)14-4-3-12-6-15-7-13(12)5-14/h3-5,10-11,15H,6-9H2,1-2H3. The average Bonchev–Trinajstić information content (AvgIpc) is 2.88. The topological polar surface area (TPSA) is 58.6 Å². The molecule has 6 heteroatoms. The van der Waals surface area contributed by atoms with Gasteiger partial charge in [0.05, 0.1) is 17.6 Å². The van der Waals surface area contributed by atoms with Crippen molar-refractivity contribution in [3.63, 3.8) is 0 Å².